The molecule has 0 aliphatic rings. The first kappa shape index (κ1) is 18.6. The molecular formula is C24H19FN2O2. The molecule has 0 saturated heterocycles. The maximum Gasteiger partial charge on any atom is 0.251 e. The molecule has 0 aliphatic carbocycles. The first-order chi connectivity index (χ1) is 14.2. The van der Waals surface area contributed by atoms with E-state index >= 15 is 0 Å². The SMILES string of the molecule is O=C(NCc1ccc(F)cc1)c1ccc(OCc2ccc3ccccc3n2)cc1. The van der Waals surface area contributed by atoms with Gasteiger partial charge in [0.1, 0.15) is 18.2 Å². The lowest BCUT2D eigenvalue weighted by Crippen LogP contribution is -2.22. The molecule has 0 atom stereocenters. The Labute approximate surface area is 168 Å². The number of ether oxygens (including phenoxy) is 1. The van der Waals surface area contributed by atoms with Crippen LogP contribution < -0.4 is 10.1 Å². The van der Waals surface area contributed by atoms with Crippen LogP contribution in [0.5, 0.6) is 5.75 Å². The fraction of sp³-hybridized carbons (Fsp3) is 0.0833. The Bertz CT molecular complexity index is 1130. The number of hydrogen-bond donors (Lipinski definition) is 1. The van der Waals surface area contributed by atoms with Crippen LogP contribution in [-0.2, 0) is 13.2 Å². The van der Waals surface area contributed by atoms with Gasteiger partial charge in [-0.15, -0.1) is 0 Å². The summed E-state index contributed by atoms with van der Waals surface area (Å²) in [6.07, 6.45) is 0. The number of amides is 1. The van der Waals surface area contributed by atoms with Gasteiger partial charge in [0.25, 0.3) is 5.91 Å². The lowest BCUT2D eigenvalue weighted by atomic mass is 10.2. The molecule has 0 saturated carbocycles. The standard InChI is InChI=1S/C24H19FN2O2/c25-20-10-5-17(6-11-20)15-26-24(28)19-8-13-22(14-9-19)29-16-21-12-7-18-3-1-2-4-23(18)27-21/h1-14H,15-16H2,(H,26,28). The van der Waals surface area contributed by atoms with Crippen molar-refractivity contribution in [3.63, 3.8) is 0 Å². The van der Waals surface area contributed by atoms with Crippen LogP contribution in [0.25, 0.3) is 10.9 Å². The van der Waals surface area contributed by atoms with E-state index in [1.54, 1.807) is 36.4 Å². The van der Waals surface area contributed by atoms with Crippen molar-refractivity contribution in [2.75, 3.05) is 0 Å². The average molecular weight is 386 g/mol. The van der Waals surface area contributed by atoms with E-state index in [2.05, 4.69) is 10.3 Å². The van der Waals surface area contributed by atoms with E-state index < -0.39 is 0 Å². The average Bonchev–Trinajstić information content (AvgIpc) is 2.77. The molecule has 5 heteroatoms. The molecule has 0 radical (unpaired) electrons. The van der Waals surface area contributed by atoms with E-state index in [0.29, 0.717) is 24.5 Å². The highest BCUT2D eigenvalue weighted by Crippen LogP contribution is 2.16. The van der Waals surface area contributed by atoms with E-state index in [9.17, 15) is 9.18 Å². The van der Waals surface area contributed by atoms with Gasteiger partial charge in [-0.3, -0.25) is 4.79 Å². The van der Waals surface area contributed by atoms with Crippen molar-refractivity contribution in [3.05, 3.63) is 108 Å². The highest BCUT2D eigenvalue weighted by molar-refractivity contribution is 5.94. The van der Waals surface area contributed by atoms with E-state index in [0.717, 1.165) is 22.2 Å². The number of benzene rings is 3. The second-order valence-electron chi connectivity index (χ2n) is 6.62. The second kappa shape index (κ2) is 8.52. The van der Waals surface area contributed by atoms with Gasteiger partial charge in [0.15, 0.2) is 0 Å². The summed E-state index contributed by atoms with van der Waals surface area (Å²) < 4.78 is 18.7. The number of fused-ring (bicyclic) bond motifs is 1. The number of pyridine rings is 1. The summed E-state index contributed by atoms with van der Waals surface area (Å²) in [4.78, 5) is 16.8. The summed E-state index contributed by atoms with van der Waals surface area (Å²) in [5.74, 6) is 0.168. The quantitative estimate of drug-likeness (QED) is 0.514. The van der Waals surface area contributed by atoms with Crippen LogP contribution in [0, 0.1) is 5.82 Å². The van der Waals surface area contributed by atoms with Gasteiger partial charge in [0.05, 0.1) is 11.2 Å². The smallest absolute Gasteiger partial charge is 0.251 e. The molecule has 144 valence electrons. The summed E-state index contributed by atoms with van der Waals surface area (Å²) in [6.45, 7) is 0.686. The third kappa shape index (κ3) is 4.76. The van der Waals surface area contributed by atoms with Crippen molar-refractivity contribution in [1.82, 2.24) is 10.3 Å². The minimum atomic E-state index is -0.297. The van der Waals surface area contributed by atoms with E-state index in [-0.39, 0.29) is 11.7 Å². The zero-order valence-electron chi connectivity index (χ0n) is 15.6. The first-order valence-electron chi connectivity index (χ1n) is 9.27. The van der Waals surface area contributed by atoms with Crippen LogP contribution in [0.4, 0.5) is 4.39 Å². The predicted octanol–water partition coefficient (Wildman–Crippen LogP) is 4.88. The maximum absolute atomic E-state index is 12.9. The lowest BCUT2D eigenvalue weighted by molar-refractivity contribution is 0.0951. The van der Waals surface area contributed by atoms with Gasteiger partial charge in [-0.1, -0.05) is 36.4 Å². The topological polar surface area (TPSA) is 51.2 Å². The Morgan fingerprint density at radius 3 is 2.45 bits per heavy atom. The number of halogens is 1. The molecule has 4 rings (SSSR count). The molecule has 0 spiro atoms. The molecule has 0 bridgehead atoms. The molecule has 0 fully saturated rings. The molecule has 1 amide bonds. The Hall–Kier alpha value is -3.73. The molecule has 0 unspecified atom stereocenters. The molecule has 4 aromatic rings. The number of para-hydroxylation sites is 1. The van der Waals surface area contributed by atoms with Gasteiger partial charge in [-0.25, -0.2) is 9.37 Å². The minimum absolute atomic E-state index is 0.197. The second-order valence-corrected chi connectivity index (χ2v) is 6.62. The summed E-state index contributed by atoms with van der Waals surface area (Å²) in [6, 6.07) is 24.9. The fourth-order valence-corrected chi connectivity index (χ4v) is 2.94. The Morgan fingerprint density at radius 2 is 1.66 bits per heavy atom. The molecular weight excluding hydrogens is 367 g/mol. The lowest BCUT2D eigenvalue weighted by Gasteiger charge is -2.08. The molecule has 1 aromatic heterocycles. The van der Waals surface area contributed by atoms with Crippen molar-refractivity contribution in [3.8, 4) is 5.75 Å². The van der Waals surface area contributed by atoms with E-state index in [1.807, 2.05) is 36.4 Å². The molecule has 4 nitrogen and oxygen atoms in total. The van der Waals surface area contributed by atoms with Gasteiger partial charge >= 0.3 is 0 Å². The highest BCUT2D eigenvalue weighted by Gasteiger charge is 2.06. The van der Waals surface area contributed by atoms with Crippen molar-refractivity contribution in [1.29, 1.82) is 0 Å². The zero-order chi connectivity index (χ0) is 20.1. The zero-order valence-corrected chi connectivity index (χ0v) is 15.6. The van der Waals surface area contributed by atoms with Crippen LogP contribution in [0.15, 0.2) is 84.9 Å². The fourth-order valence-electron chi connectivity index (χ4n) is 2.94. The van der Waals surface area contributed by atoms with Gasteiger partial charge in [-0.05, 0) is 54.1 Å². The van der Waals surface area contributed by atoms with Gasteiger partial charge in [0, 0.05) is 17.5 Å². The Morgan fingerprint density at radius 1 is 0.897 bits per heavy atom. The number of aromatic nitrogens is 1. The summed E-state index contributed by atoms with van der Waals surface area (Å²) in [5, 5.41) is 3.91. The third-order valence-corrected chi connectivity index (χ3v) is 4.53. The van der Waals surface area contributed by atoms with Gasteiger partial charge in [-0.2, -0.15) is 0 Å². The van der Waals surface area contributed by atoms with Crippen molar-refractivity contribution >= 4 is 16.8 Å². The molecule has 1 heterocycles. The first-order valence-corrected chi connectivity index (χ1v) is 9.27. The summed E-state index contributed by atoms with van der Waals surface area (Å²) >= 11 is 0. The Balaban J connectivity index is 1.33. The number of carbonyl (C=O) groups excluding carboxylic acids is 1. The maximum atomic E-state index is 12.9. The van der Waals surface area contributed by atoms with Gasteiger partial charge < -0.3 is 10.1 Å². The van der Waals surface area contributed by atoms with Crippen LogP contribution in [0.1, 0.15) is 21.6 Å². The number of rotatable bonds is 6. The van der Waals surface area contributed by atoms with E-state index in [4.69, 9.17) is 4.74 Å². The van der Waals surface area contributed by atoms with Gasteiger partial charge in [0.2, 0.25) is 0 Å². The summed E-state index contributed by atoms with van der Waals surface area (Å²) in [5.41, 5.74) is 3.14. The van der Waals surface area contributed by atoms with Crippen molar-refractivity contribution in [2.45, 2.75) is 13.2 Å². The van der Waals surface area contributed by atoms with Crippen LogP contribution >= 0.6 is 0 Å². The van der Waals surface area contributed by atoms with E-state index in [1.165, 1.54) is 12.1 Å². The predicted molar refractivity (Wildman–Crippen MR) is 110 cm³/mol. The van der Waals surface area contributed by atoms with Crippen LogP contribution in [-0.4, -0.2) is 10.9 Å². The molecule has 29 heavy (non-hydrogen) atoms. The van der Waals surface area contributed by atoms with Crippen LogP contribution in [0.3, 0.4) is 0 Å². The number of carbonyl (C=O) groups is 1. The summed E-state index contributed by atoms with van der Waals surface area (Å²) in [7, 11) is 0. The molecule has 1 N–H and O–H groups in total. The molecule has 0 aliphatic heterocycles. The highest BCUT2D eigenvalue weighted by atomic mass is 19.1. The number of hydrogen-bond acceptors (Lipinski definition) is 3. The number of nitrogens with one attached hydrogen (secondary N) is 1. The van der Waals surface area contributed by atoms with Crippen LogP contribution in [0.2, 0.25) is 0 Å². The molecule has 3 aromatic carbocycles. The third-order valence-electron chi connectivity index (χ3n) is 4.53. The van der Waals surface area contributed by atoms with Crippen molar-refractivity contribution in [2.24, 2.45) is 0 Å². The normalized spacial score (nSPS) is 10.7. The van der Waals surface area contributed by atoms with Crippen molar-refractivity contribution < 1.29 is 13.9 Å². The monoisotopic (exact) mass is 386 g/mol. The minimum Gasteiger partial charge on any atom is -0.487 e. The number of nitrogens with zero attached hydrogens (tertiary/aromatic N) is 1. The largest absolute Gasteiger partial charge is 0.487 e. The Kier molecular flexibility index (Phi) is 5.47.